The fraction of sp³-hybridized carbons (Fsp3) is 0.421. The van der Waals surface area contributed by atoms with Gasteiger partial charge in [0.15, 0.2) is 9.84 Å². The van der Waals surface area contributed by atoms with Crippen molar-refractivity contribution >= 4 is 27.2 Å². The molecule has 8 heteroatoms. The van der Waals surface area contributed by atoms with E-state index >= 15 is 0 Å². The van der Waals surface area contributed by atoms with Crippen LogP contribution in [0.3, 0.4) is 0 Å². The van der Waals surface area contributed by atoms with Gasteiger partial charge in [0, 0.05) is 24.3 Å². The average molecular weight is 388 g/mol. The summed E-state index contributed by atoms with van der Waals surface area (Å²) in [5, 5.41) is 2.85. The van der Waals surface area contributed by atoms with Gasteiger partial charge in [-0.25, -0.2) is 18.4 Å². The number of carbonyl (C=O) groups excluding carboxylic acids is 1. The summed E-state index contributed by atoms with van der Waals surface area (Å²) in [6.07, 6.45) is 0.573. The number of rotatable bonds is 5. The van der Waals surface area contributed by atoms with E-state index in [-0.39, 0.29) is 29.1 Å². The summed E-state index contributed by atoms with van der Waals surface area (Å²) in [6.45, 7) is 6.24. The molecule has 27 heavy (non-hydrogen) atoms. The lowest BCUT2D eigenvalue weighted by atomic mass is 10.2. The molecule has 1 unspecified atom stereocenters. The second-order valence-electron chi connectivity index (χ2n) is 6.83. The van der Waals surface area contributed by atoms with E-state index in [1.807, 2.05) is 43.0 Å². The van der Waals surface area contributed by atoms with E-state index in [1.165, 1.54) is 0 Å². The van der Waals surface area contributed by atoms with Crippen molar-refractivity contribution in [2.75, 3.05) is 28.3 Å². The average Bonchev–Trinajstić information content (AvgIpc) is 2.95. The predicted molar refractivity (Wildman–Crippen MR) is 106 cm³/mol. The van der Waals surface area contributed by atoms with Gasteiger partial charge >= 0.3 is 0 Å². The maximum Gasteiger partial charge on any atom is 0.274 e. The van der Waals surface area contributed by atoms with Crippen LogP contribution in [0.4, 0.5) is 11.5 Å². The zero-order valence-electron chi connectivity index (χ0n) is 15.8. The van der Waals surface area contributed by atoms with Crippen molar-refractivity contribution in [3.05, 3.63) is 47.4 Å². The molecule has 1 aromatic heterocycles. The third-order valence-corrected chi connectivity index (χ3v) is 6.37. The summed E-state index contributed by atoms with van der Waals surface area (Å²) >= 11 is 0. The number of aromatic nitrogens is 2. The molecule has 144 valence electrons. The molecular weight excluding hydrogens is 364 g/mol. The monoisotopic (exact) mass is 388 g/mol. The topological polar surface area (TPSA) is 92.3 Å². The van der Waals surface area contributed by atoms with Crippen LogP contribution in [-0.4, -0.2) is 48.4 Å². The van der Waals surface area contributed by atoms with E-state index in [4.69, 9.17) is 0 Å². The minimum atomic E-state index is -3.00. The van der Waals surface area contributed by atoms with Crippen molar-refractivity contribution in [2.45, 2.75) is 33.2 Å². The number of sulfone groups is 1. The SMILES string of the molecule is CCN(c1cc(C(=O)Nc2cccc(C)c2)nc(C)n1)C1CCS(=O)(=O)C1. The Morgan fingerprint density at radius 3 is 2.67 bits per heavy atom. The number of nitrogens with one attached hydrogen (secondary N) is 1. The van der Waals surface area contributed by atoms with E-state index in [9.17, 15) is 13.2 Å². The lowest BCUT2D eigenvalue weighted by Gasteiger charge is -2.28. The molecule has 0 bridgehead atoms. The van der Waals surface area contributed by atoms with Gasteiger partial charge in [0.05, 0.1) is 11.5 Å². The van der Waals surface area contributed by atoms with Crippen molar-refractivity contribution in [2.24, 2.45) is 0 Å². The third kappa shape index (κ3) is 4.63. The summed E-state index contributed by atoms with van der Waals surface area (Å²) in [5.74, 6) is 1.05. The van der Waals surface area contributed by atoms with Crippen LogP contribution in [0.25, 0.3) is 0 Å². The smallest absolute Gasteiger partial charge is 0.274 e. The highest BCUT2D eigenvalue weighted by atomic mass is 32.2. The minimum Gasteiger partial charge on any atom is -0.353 e. The summed E-state index contributed by atoms with van der Waals surface area (Å²) in [4.78, 5) is 23.3. The maximum atomic E-state index is 12.6. The zero-order chi connectivity index (χ0) is 19.6. The Morgan fingerprint density at radius 2 is 2.04 bits per heavy atom. The van der Waals surface area contributed by atoms with Crippen LogP contribution in [0.1, 0.15) is 35.2 Å². The molecule has 1 aromatic carbocycles. The number of nitrogens with zero attached hydrogens (tertiary/aromatic N) is 3. The van der Waals surface area contributed by atoms with Crippen LogP contribution in [0.15, 0.2) is 30.3 Å². The summed E-state index contributed by atoms with van der Waals surface area (Å²) < 4.78 is 23.7. The molecule has 1 N–H and O–H groups in total. The lowest BCUT2D eigenvalue weighted by Crippen LogP contribution is -2.37. The number of benzene rings is 1. The second-order valence-corrected chi connectivity index (χ2v) is 9.05. The van der Waals surface area contributed by atoms with Gasteiger partial charge in [-0.2, -0.15) is 0 Å². The Morgan fingerprint density at radius 1 is 1.26 bits per heavy atom. The van der Waals surface area contributed by atoms with Gasteiger partial charge in [-0.05, 0) is 44.9 Å². The first kappa shape index (κ1) is 19.3. The summed E-state index contributed by atoms with van der Waals surface area (Å²) in [5.41, 5.74) is 2.01. The molecule has 1 aliphatic heterocycles. The number of amides is 1. The quantitative estimate of drug-likeness (QED) is 0.845. The molecule has 0 spiro atoms. The number of hydrogen-bond acceptors (Lipinski definition) is 6. The van der Waals surface area contributed by atoms with Gasteiger partial charge < -0.3 is 10.2 Å². The fourth-order valence-corrected chi connectivity index (χ4v) is 5.09. The Hall–Kier alpha value is -2.48. The standard InChI is InChI=1S/C19H24N4O3S/c1-4-23(16-8-9-27(25,26)12-16)18-11-17(20-14(3)21-18)19(24)22-15-7-5-6-13(2)10-15/h5-7,10-11,16H,4,8-9,12H2,1-3H3,(H,22,24). The normalized spacial score (nSPS) is 18.3. The molecule has 1 fully saturated rings. The molecule has 1 atom stereocenters. The minimum absolute atomic E-state index is 0.120. The van der Waals surface area contributed by atoms with Crippen LogP contribution in [0.2, 0.25) is 0 Å². The number of hydrogen-bond donors (Lipinski definition) is 1. The maximum absolute atomic E-state index is 12.6. The Bertz CT molecular complexity index is 959. The first-order valence-corrected chi connectivity index (χ1v) is 10.8. The van der Waals surface area contributed by atoms with E-state index in [1.54, 1.807) is 13.0 Å². The largest absolute Gasteiger partial charge is 0.353 e. The highest BCUT2D eigenvalue weighted by Crippen LogP contribution is 2.23. The number of carbonyl (C=O) groups is 1. The van der Waals surface area contributed by atoms with Crippen LogP contribution in [0, 0.1) is 13.8 Å². The van der Waals surface area contributed by atoms with Crippen LogP contribution >= 0.6 is 0 Å². The molecule has 1 amide bonds. The number of anilines is 2. The Labute approximate surface area is 159 Å². The predicted octanol–water partition coefficient (Wildman–Crippen LogP) is 2.36. The molecule has 1 aliphatic rings. The molecule has 7 nitrogen and oxygen atoms in total. The van der Waals surface area contributed by atoms with Gasteiger partial charge in [0.1, 0.15) is 17.3 Å². The van der Waals surface area contributed by atoms with Gasteiger partial charge in [-0.15, -0.1) is 0 Å². The Balaban J connectivity index is 1.86. The van der Waals surface area contributed by atoms with E-state index in [2.05, 4.69) is 15.3 Å². The van der Waals surface area contributed by atoms with Crippen molar-refractivity contribution in [1.29, 1.82) is 0 Å². The summed E-state index contributed by atoms with van der Waals surface area (Å²) in [7, 11) is -3.00. The first-order chi connectivity index (χ1) is 12.8. The second kappa shape index (κ2) is 7.64. The van der Waals surface area contributed by atoms with Crippen molar-refractivity contribution in [3.8, 4) is 0 Å². The van der Waals surface area contributed by atoms with Crippen LogP contribution in [-0.2, 0) is 9.84 Å². The molecular formula is C19H24N4O3S. The van der Waals surface area contributed by atoms with Gasteiger partial charge in [0.2, 0.25) is 0 Å². The number of aryl methyl sites for hydroxylation is 2. The van der Waals surface area contributed by atoms with Gasteiger partial charge in [-0.3, -0.25) is 4.79 Å². The van der Waals surface area contributed by atoms with E-state index in [0.29, 0.717) is 30.3 Å². The first-order valence-electron chi connectivity index (χ1n) is 8.98. The van der Waals surface area contributed by atoms with Crippen molar-refractivity contribution < 1.29 is 13.2 Å². The van der Waals surface area contributed by atoms with Crippen LogP contribution in [0.5, 0.6) is 0 Å². The summed E-state index contributed by atoms with van der Waals surface area (Å²) in [6, 6.07) is 9.04. The third-order valence-electron chi connectivity index (χ3n) is 4.62. The van der Waals surface area contributed by atoms with Crippen molar-refractivity contribution in [1.82, 2.24) is 9.97 Å². The molecule has 0 saturated carbocycles. The highest BCUT2D eigenvalue weighted by Gasteiger charge is 2.32. The molecule has 2 aromatic rings. The van der Waals surface area contributed by atoms with E-state index in [0.717, 1.165) is 5.56 Å². The van der Waals surface area contributed by atoms with E-state index < -0.39 is 9.84 Å². The van der Waals surface area contributed by atoms with Crippen molar-refractivity contribution in [3.63, 3.8) is 0 Å². The highest BCUT2D eigenvalue weighted by molar-refractivity contribution is 7.91. The molecule has 3 rings (SSSR count). The molecule has 0 aliphatic carbocycles. The van der Waals surface area contributed by atoms with Gasteiger partial charge in [0.25, 0.3) is 5.91 Å². The molecule has 1 saturated heterocycles. The molecule has 2 heterocycles. The zero-order valence-corrected chi connectivity index (χ0v) is 16.6. The fourth-order valence-electron chi connectivity index (χ4n) is 3.36. The Kier molecular flexibility index (Phi) is 5.46. The van der Waals surface area contributed by atoms with Crippen LogP contribution < -0.4 is 10.2 Å². The lowest BCUT2D eigenvalue weighted by molar-refractivity contribution is 0.102. The molecule has 0 radical (unpaired) electrons. The van der Waals surface area contributed by atoms with Gasteiger partial charge in [-0.1, -0.05) is 12.1 Å².